The van der Waals surface area contributed by atoms with Crippen molar-refractivity contribution in [1.82, 2.24) is 0 Å². The topological polar surface area (TPSA) is 27.7 Å². The summed E-state index contributed by atoms with van der Waals surface area (Å²) in [5.41, 5.74) is 0. The van der Waals surface area contributed by atoms with Crippen molar-refractivity contribution in [3.8, 4) is 0 Å². The molecule has 0 atom stereocenters. The van der Waals surface area contributed by atoms with E-state index in [9.17, 15) is 0 Å². The van der Waals surface area contributed by atoms with E-state index in [1.165, 1.54) is 38.5 Å². The van der Waals surface area contributed by atoms with Gasteiger partial charge in [-0.2, -0.15) is 0 Å². The summed E-state index contributed by atoms with van der Waals surface area (Å²) in [5.74, 6) is 0. The Labute approximate surface area is 100 Å². The fourth-order valence-corrected chi connectivity index (χ4v) is 1.42. The zero-order valence-corrected chi connectivity index (χ0v) is 11.0. The molecule has 3 heteroatoms. The third kappa shape index (κ3) is 13.9. The normalized spacial score (nSPS) is 10.9. The Morgan fingerprint density at radius 3 is 1.69 bits per heavy atom. The molecule has 0 aromatic carbocycles. The van der Waals surface area contributed by atoms with Crippen molar-refractivity contribution >= 4 is 0 Å². The standard InChI is InChI=1S/C13H28O3/c1-3-5-7-8-9-10-11-13-15-16-14-12-6-4-2/h3-13H2,1-2H3. The molecule has 0 N–H and O–H groups in total. The minimum absolute atomic E-state index is 0.619. The van der Waals surface area contributed by atoms with Crippen molar-refractivity contribution in [3.05, 3.63) is 0 Å². The zero-order valence-electron chi connectivity index (χ0n) is 11.0. The Morgan fingerprint density at radius 1 is 0.562 bits per heavy atom. The molecule has 0 aliphatic rings. The van der Waals surface area contributed by atoms with Crippen LogP contribution in [0.3, 0.4) is 0 Å². The molecule has 0 aromatic heterocycles. The molecule has 0 heterocycles. The first kappa shape index (κ1) is 15.9. The summed E-state index contributed by atoms with van der Waals surface area (Å²) in [5, 5.41) is 4.58. The van der Waals surface area contributed by atoms with Crippen molar-refractivity contribution in [2.75, 3.05) is 13.2 Å². The van der Waals surface area contributed by atoms with Crippen molar-refractivity contribution in [3.63, 3.8) is 0 Å². The van der Waals surface area contributed by atoms with Crippen LogP contribution in [0, 0.1) is 0 Å². The Balaban J connectivity index is 2.83. The second-order valence-electron chi connectivity index (χ2n) is 4.19. The molecule has 0 aromatic rings. The van der Waals surface area contributed by atoms with E-state index in [1.54, 1.807) is 0 Å². The molecule has 0 fully saturated rings. The van der Waals surface area contributed by atoms with Crippen molar-refractivity contribution in [2.45, 2.75) is 71.6 Å². The number of rotatable bonds is 13. The molecule has 0 aliphatic carbocycles. The van der Waals surface area contributed by atoms with Crippen LogP contribution >= 0.6 is 0 Å². The highest BCUT2D eigenvalue weighted by atomic mass is 17.5. The largest absolute Gasteiger partial charge is 0.206 e. The van der Waals surface area contributed by atoms with Gasteiger partial charge in [-0.25, -0.2) is 9.78 Å². The number of hydrogen-bond donors (Lipinski definition) is 0. The predicted octanol–water partition coefficient (Wildman–Crippen LogP) is 4.42. The van der Waals surface area contributed by atoms with Gasteiger partial charge in [0, 0.05) is 0 Å². The summed E-state index contributed by atoms with van der Waals surface area (Å²) in [7, 11) is 0. The maximum absolute atomic E-state index is 4.89. The molecule has 0 saturated carbocycles. The van der Waals surface area contributed by atoms with Crippen LogP contribution in [0.1, 0.15) is 71.6 Å². The third-order valence-electron chi connectivity index (χ3n) is 2.51. The lowest BCUT2D eigenvalue weighted by molar-refractivity contribution is -0.512. The van der Waals surface area contributed by atoms with Crippen LogP contribution in [0.25, 0.3) is 0 Å². The van der Waals surface area contributed by atoms with Gasteiger partial charge < -0.3 is 0 Å². The molecular weight excluding hydrogens is 204 g/mol. The predicted molar refractivity (Wildman–Crippen MR) is 65.9 cm³/mol. The average Bonchev–Trinajstić information content (AvgIpc) is 2.31. The second kappa shape index (κ2) is 14.9. The third-order valence-corrected chi connectivity index (χ3v) is 2.51. The Bertz CT molecular complexity index is 104. The van der Waals surface area contributed by atoms with E-state index in [0.717, 1.165) is 19.3 Å². The molecule has 0 unspecified atom stereocenters. The van der Waals surface area contributed by atoms with Gasteiger partial charge in [0.2, 0.25) is 0 Å². The molecule has 0 aliphatic heterocycles. The highest BCUT2D eigenvalue weighted by molar-refractivity contribution is 4.43. The first-order chi connectivity index (χ1) is 7.91. The van der Waals surface area contributed by atoms with Gasteiger partial charge in [0.25, 0.3) is 0 Å². The van der Waals surface area contributed by atoms with Gasteiger partial charge in [0.15, 0.2) is 0 Å². The van der Waals surface area contributed by atoms with Crippen molar-refractivity contribution in [1.29, 1.82) is 0 Å². The molecule has 3 nitrogen and oxygen atoms in total. The minimum Gasteiger partial charge on any atom is -0.206 e. The fraction of sp³-hybridized carbons (Fsp3) is 1.00. The van der Waals surface area contributed by atoms with Gasteiger partial charge in [-0.3, -0.25) is 0 Å². The summed E-state index contributed by atoms with van der Waals surface area (Å²) in [6.45, 7) is 5.61. The van der Waals surface area contributed by atoms with E-state index >= 15 is 0 Å². The lowest BCUT2D eigenvalue weighted by Crippen LogP contribution is -2.00. The Hall–Kier alpha value is -0.120. The number of unbranched alkanes of at least 4 members (excludes halogenated alkanes) is 7. The second-order valence-corrected chi connectivity index (χ2v) is 4.19. The Kier molecular flexibility index (Phi) is 14.8. The van der Waals surface area contributed by atoms with Crippen LogP contribution in [-0.2, 0) is 14.8 Å². The van der Waals surface area contributed by atoms with Crippen LogP contribution < -0.4 is 0 Å². The number of hydrogen-bond acceptors (Lipinski definition) is 3. The molecule has 0 amide bonds. The molecular formula is C13H28O3. The first-order valence-electron chi connectivity index (χ1n) is 6.82. The molecule has 16 heavy (non-hydrogen) atoms. The van der Waals surface area contributed by atoms with Gasteiger partial charge in [0.1, 0.15) is 0 Å². The van der Waals surface area contributed by atoms with E-state index in [1.807, 2.05) is 0 Å². The average molecular weight is 232 g/mol. The molecule has 0 bridgehead atoms. The molecule has 0 rings (SSSR count). The summed E-state index contributed by atoms with van der Waals surface area (Å²) in [6.07, 6.45) is 11.1. The summed E-state index contributed by atoms with van der Waals surface area (Å²) < 4.78 is 0. The van der Waals surface area contributed by atoms with Crippen LogP contribution in [0.15, 0.2) is 0 Å². The zero-order chi connectivity index (χ0) is 11.9. The summed E-state index contributed by atoms with van der Waals surface area (Å²) >= 11 is 0. The van der Waals surface area contributed by atoms with E-state index in [0.29, 0.717) is 13.2 Å². The lowest BCUT2D eigenvalue weighted by Gasteiger charge is -2.03. The summed E-state index contributed by atoms with van der Waals surface area (Å²) in [4.78, 5) is 9.70. The van der Waals surface area contributed by atoms with E-state index in [-0.39, 0.29) is 0 Å². The first-order valence-corrected chi connectivity index (χ1v) is 6.82. The van der Waals surface area contributed by atoms with Crippen LogP contribution in [0.4, 0.5) is 0 Å². The fourth-order valence-electron chi connectivity index (χ4n) is 1.42. The molecule has 0 spiro atoms. The van der Waals surface area contributed by atoms with Gasteiger partial charge >= 0.3 is 0 Å². The van der Waals surface area contributed by atoms with E-state index in [2.05, 4.69) is 18.9 Å². The monoisotopic (exact) mass is 232 g/mol. The maximum Gasteiger partial charge on any atom is 0.0853 e. The lowest BCUT2D eigenvalue weighted by atomic mass is 10.1. The van der Waals surface area contributed by atoms with E-state index < -0.39 is 0 Å². The molecule has 98 valence electrons. The van der Waals surface area contributed by atoms with Crippen LogP contribution in [0.2, 0.25) is 0 Å². The van der Waals surface area contributed by atoms with Crippen LogP contribution in [-0.4, -0.2) is 13.2 Å². The van der Waals surface area contributed by atoms with Crippen molar-refractivity contribution in [2.24, 2.45) is 0 Å². The smallest absolute Gasteiger partial charge is 0.0853 e. The summed E-state index contributed by atoms with van der Waals surface area (Å²) in [6, 6.07) is 0. The minimum atomic E-state index is 0.619. The van der Waals surface area contributed by atoms with Gasteiger partial charge in [-0.05, 0) is 12.8 Å². The van der Waals surface area contributed by atoms with Crippen molar-refractivity contribution < 1.29 is 14.8 Å². The van der Waals surface area contributed by atoms with Gasteiger partial charge in [0.05, 0.1) is 13.2 Å². The maximum atomic E-state index is 4.89. The van der Waals surface area contributed by atoms with Crippen LogP contribution in [0.5, 0.6) is 0 Å². The Morgan fingerprint density at radius 2 is 1.06 bits per heavy atom. The molecule has 0 radical (unpaired) electrons. The highest BCUT2D eigenvalue weighted by Gasteiger charge is 1.93. The SMILES string of the molecule is CCCCCCCCCOOOCCCC. The quantitative estimate of drug-likeness (QED) is 0.267. The van der Waals surface area contributed by atoms with E-state index in [4.69, 9.17) is 9.78 Å². The van der Waals surface area contributed by atoms with Gasteiger partial charge in [-0.15, -0.1) is 0 Å². The van der Waals surface area contributed by atoms with Gasteiger partial charge in [-0.1, -0.05) is 63.8 Å². The highest BCUT2D eigenvalue weighted by Crippen LogP contribution is 2.06. The molecule has 0 saturated heterocycles.